The molecule has 2 atom stereocenters. The van der Waals surface area contributed by atoms with E-state index in [0.29, 0.717) is 18.2 Å². The fraction of sp³-hybridized carbons (Fsp3) is 0.273. The first-order chi connectivity index (χ1) is 18.5. The number of nitrogens with one attached hydrogen (secondary N) is 1. The Balaban J connectivity index is 1.40. The minimum atomic E-state index is -0.606. The molecule has 38 heavy (non-hydrogen) atoms. The number of ether oxygens (including phenoxy) is 3. The minimum absolute atomic E-state index is 0.307. The molecule has 1 aliphatic heterocycles. The van der Waals surface area contributed by atoms with Crippen LogP contribution < -0.4 is 10.1 Å². The third kappa shape index (κ3) is 6.39. The van der Waals surface area contributed by atoms with Gasteiger partial charge in [0.2, 0.25) is 0 Å². The predicted octanol–water partition coefficient (Wildman–Crippen LogP) is 8.01. The average Bonchev–Trinajstić information content (AvgIpc) is 2.93. The highest BCUT2D eigenvalue weighted by Crippen LogP contribution is 2.45. The van der Waals surface area contributed by atoms with Crippen LogP contribution in [0, 0.1) is 0 Å². The van der Waals surface area contributed by atoms with Crippen molar-refractivity contribution in [2.45, 2.75) is 51.2 Å². The molecule has 2 unspecified atom stereocenters. The molecule has 1 N–H and O–H groups in total. The Morgan fingerprint density at radius 1 is 0.816 bits per heavy atom. The van der Waals surface area contributed by atoms with Crippen LogP contribution >= 0.6 is 11.6 Å². The van der Waals surface area contributed by atoms with Gasteiger partial charge >= 0.3 is 0 Å². The summed E-state index contributed by atoms with van der Waals surface area (Å²) in [6.45, 7) is 5.79. The van der Waals surface area contributed by atoms with E-state index in [2.05, 4.69) is 79.8 Å². The molecular weight excluding hydrogens is 494 g/mol. The van der Waals surface area contributed by atoms with Gasteiger partial charge in [-0.25, -0.2) is 0 Å². The average molecular weight is 528 g/mol. The van der Waals surface area contributed by atoms with Crippen molar-refractivity contribution in [2.75, 3.05) is 11.9 Å². The Bertz CT molecular complexity index is 1330. The van der Waals surface area contributed by atoms with Crippen LogP contribution in [0.2, 0.25) is 5.02 Å². The second-order valence-corrected chi connectivity index (χ2v) is 10.6. The van der Waals surface area contributed by atoms with Gasteiger partial charge in [0, 0.05) is 22.8 Å². The molecule has 1 aliphatic rings. The first kappa shape index (κ1) is 26.3. The van der Waals surface area contributed by atoms with Gasteiger partial charge in [0.15, 0.2) is 0 Å². The minimum Gasteiger partial charge on any atom is -0.485 e. The monoisotopic (exact) mass is 527 g/mol. The summed E-state index contributed by atoms with van der Waals surface area (Å²) in [4.78, 5) is 0. The van der Waals surface area contributed by atoms with Gasteiger partial charge in [-0.2, -0.15) is 0 Å². The predicted molar refractivity (Wildman–Crippen MR) is 154 cm³/mol. The van der Waals surface area contributed by atoms with Crippen LogP contribution in [0.25, 0.3) is 0 Å². The normalized spacial score (nSPS) is 17.9. The number of rotatable bonds is 10. The second kappa shape index (κ2) is 12.0. The van der Waals surface area contributed by atoms with Crippen LogP contribution in [0.1, 0.15) is 42.2 Å². The molecule has 4 nitrogen and oxygen atoms in total. The lowest BCUT2D eigenvalue weighted by Gasteiger charge is -2.44. The van der Waals surface area contributed by atoms with Crippen LogP contribution in [-0.2, 0) is 29.0 Å². The van der Waals surface area contributed by atoms with E-state index in [4.69, 9.17) is 25.8 Å². The Morgan fingerprint density at radius 3 is 2.24 bits per heavy atom. The molecule has 0 saturated carbocycles. The molecule has 0 aliphatic carbocycles. The van der Waals surface area contributed by atoms with Crippen molar-refractivity contribution in [3.05, 3.63) is 130 Å². The summed E-state index contributed by atoms with van der Waals surface area (Å²) >= 11 is 6.44. The topological polar surface area (TPSA) is 39.7 Å². The van der Waals surface area contributed by atoms with Crippen LogP contribution in [0.5, 0.6) is 5.75 Å². The fourth-order valence-corrected chi connectivity index (χ4v) is 5.04. The van der Waals surface area contributed by atoms with Crippen molar-refractivity contribution in [1.29, 1.82) is 0 Å². The zero-order valence-electron chi connectivity index (χ0n) is 21.9. The Kier molecular flexibility index (Phi) is 8.33. The van der Waals surface area contributed by atoms with Gasteiger partial charge in [-0.05, 0) is 61.2 Å². The van der Waals surface area contributed by atoms with Gasteiger partial charge in [0.25, 0.3) is 0 Å². The Morgan fingerprint density at radius 2 is 1.50 bits per heavy atom. The summed E-state index contributed by atoms with van der Waals surface area (Å²) in [5.41, 5.74) is 4.80. The highest BCUT2D eigenvalue weighted by atomic mass is 35.5. The van der Waals surface area contributed by atoms with Crippen molar-refractivity contribution in [1.82, 2.24) is 0 Å². The van der Waals surface area contributed by atoms with E-state index in [1.54, 1.807) is 0 Å². The maximum absolute atomic E-state index is 6.63. The molecule has 4 aromatic carbocycles. The number of hydrogen-bond acceptors (Lipinski definition) is 4. The molecule has 0 bridgehead atoms. The van der Waals surface area contributed by atoms with E-state index in [1.165, 1.54) is 11.1 Å². The highest BCUT2D eigenvalue weighted by molar-refractivity contribution is 6.31. The van der Waals surface area contributed by atoms with E-state index < -0.39 is 5.60 Å². The maximum atomic E-state index is 6.63. The van der Waals surface area contributed by atoms with E-state index in [0.717, 1.165) is 35.5 Å². The molecule has 5 rings (SSSR count). The van der Waals surface area contributed by atoms with Crippen LogP contribution in [0.4, 0.5) is 5.69 Å². The van der Waals surface area contributed by atoms with E-state index in [9.17, 15) is 0 Å². The quantitative estimate of drug-likeness (QED) is 0.227. The third-order valence-electron chi connectivity index (χ3n) is 6.90. The summed E-state index contributed by atoms with van der Waals surface area (Å²) in [5, 5.41) is 4.24. The molecule has 5 heteroatoms. The van der Waals surface area contributed by atoms with Crippen LogP contribution in [0.3, 0.4) is 0 Å². The number of anilines is 1. The standard InChI is InChI=1S/C33H34ClNO3/c1-33(2)32(37-23-26-15-9-10-16-29(26)34)31(36-20-19-24-11-5-3-6-12-24)28-21-27(17-18-30(28)38-33)35-22-25-13-7-4-8-14-25/h3-18,21,31-32,35H,19-20,22-23H2,1-2H3. The Labute approximate surface area is 230 Å². The van der Waals surface area contributed by atoms with Gasteiger partial charge in [-0.1, -0.05) is 90.5 Å². The number of hydrogen-bond donors (Lipinski definition) is 1. The third-order valence-corrected chi connectivity index (χ3v) is 7.26. The highest BCUT2D eigenvalue weighted by Gasteiger charge is 2.45. The summed E-state index contributed by atoms with van der Waals surface area (Å²) in [7, 11) is 0. The maximum Gasteiger partial charge on any atom is 0.132 e. The molecule has 0 amide bonds. The van der Waals surface area contributed by atoms with Crippen molar-refractivity contribution in [3.63, 3.8) is 0 Å². The molecule has 0 spiro atoms. The lowest BCUT2D eigenvalue weighted by atomic mass is 9.87. The second-order valence-electron chi connectivity index (χ2n) is 10.1. The fourth-order valence-electron chi connectivity index (χ4n) is 4.85. The lowest BCUT2D eigenvalue weighted by molar-refractivity contribution is -0.167. The van der Waals surface area contributed by atoms with Crippen LogP contribution in [0.15, 0.2) is 103 Å². The molecule has 0 aromatic heterocycles. The van der Waals surface area contributed by atoms with Crippen LogP contribution in [-0.4, -0.2) is 18.3 Å². The zero-order valence-corrected chi connectivity index (χ0v) is 22.7. The molecule has 196 valence electrons. The van der Waals surface area contributed by atoms with Crippen molar-refractivity contribution >= 4 is 17.3 Å². The molecular formula is C33H34ClNO3. The largest absolute Gasteiger partial charge is 0.485 e. The molecule has 0 radical (unpaired) electrons. The zero-order chi connectivity index (χ0) is 26.4. The summed E-state index contributed by atoms with van der Waals surface area (Å²) in [6.07, 6.45) is 0.168. The van der Waals surface area contributed by atoms with Gasteiger partial charge in [0.1, 0.15) is 23.6 Å². The number of fused-ring (bicyclic) bond motifs is 1. The van der Waals surface area contributed by atoms with E-state index >= 15 is 0 Å². The van der Waals surface area contributed by atoms with Gasteiger partial charge in [0.05, 0.1) is 13.2 Å². The molecule has 0 saturated heterocycles. The van der Waals surface area contributed by atoms with Gasteiger partial charge < -0.3 is 19.5 Å². The summed E-state index contributed by atoms with van der Waals surface area (Å²) in [5.74, 6) is 0.822. The lowest BCUT2D eigenvalue weighted by Crippen LogP contribution is -2.51. The molecule has 0 fully saturated rings. The molecule has 4 aromatic rings. The van der Waals surface area contributed by atoms with Crippen molar-refractivity contribution in [2.24, 2.45) is 0 Å². The molecule has 1 heterocycles. The first-order valence-corrected chi connectivity index (χ1v) is 13.5. The summed E-state index contributed by atoms with van der Waals surface area (Å²) in [6, 6.07) is 34.8. The Hall–Kier alpha value is -3.31. The SMILES string of the molecule is CC1(C)Oc2ccc(NCc3ccccc3)cc2C(OCCc2ccccc2)C1OCc1ccccc1Cl. The number of halogens is 1. The van der Waals surface area contributed by atoms with Gasteiger partial charge in [-0.15, -0.1) is 0 Å². The van der Waals surface area contributed by atoms with Crippen molar-refractivity contribution < 1.29 is 14.2 Å². The van der Waals surface area contributed by atoms with Gasteiger partial charge in [-0.3, -0.25) is 0 Å². The van der Waals surface area contributed by atoms with E-state index in [-0.39, 0.29) is 12.2 Å². The van der Waals surface area contributed by atoms with E-state index in [1.807, 2.05) is 42.5 Å². The summed E-state index contributed by atoms with van der Waals surface area (Å²) < 4.78 is 19.7. The smallest absolute Gasteiger partial charge is 0.132 e. The first-order valence-electron chi connectivity index (χ1n) is 13.1. The van der Waals surface area contributed by atoms with Crippen molar-refractivity contribution in [3.8, 4) is 5.75 Å². The number of benzene rings is 4.